The second kappa shape index (κ2) is 13.9. The summed E-state index contributed by atoms with van der Waals surface area (Å²) < 4.78 is 50.6. The van der Waals surface area contributed by atoms with Crippen LogP contribution in [0, 0.1) is 0 Å². The van der Waals surface area contributed by atoms with Crippen LogP contribution in [0.5, 0.6) is 17.2 Å². The first kappa shape index (κ1) is 32.3. The van der Waals surface area contributed by atoms with Gasteiger partial charge in [-0.15, -0.1) is 0 Å². The lowest BCUT2D eigenvalue weighted by molar-refractivity contribution is -0.288. The zero-order valence-corrected chi connectivity index (χ0v) is 25.5. The lowest BCUT2D eigenvalue weighted by Gasteiger charge is -2.43. The van der Waals surface area contributed by atoms with Crippen LogP contribution in [0.25, 0.3) is 22.1 Å². The van der Waals surface area contributed by atoms with Crippen LogP contribution in [0.15, 0.2) is 51.9 Å². The van der Waals surface area contributed by atoms with E-state index < -0.39 is 61.2 Å². The first-order valence-corrected chi connectivity index (χ1v) is 14.4. The molecule has 2 aliphatic heterocycles. The first-order valence-electron chi connectivity index (χ1n) is 14.4. The molecule has 1 fully saturated rings. The third kappa shape index (κ3) is 7.40. The van der Waals surface area contributed by atoms with Gasteiger partial charge >= 0.3 is 23.9 Å². The van der Waals surface area contributed by atoms with Crippen LogP contribution in [-0.2, 0) is 42.9 Å². The van der Waals surface area contributed by atoms with Gasteiger partial charge in [-0.05, 0) is 29.8 Å². The van der Waals surface area contributed by atoms with Crippen molar-refractivity contribution in [1.82, 2.24) is 0 Å². The van der Waals surface area contributed by atoms with Crippen molar-refractivity contribution >= 4 is 34.8 Å². The molecule has 0 unspecified atom stereocenters. The van der Waals surface area contributed by atoms with Crippen molar-refractivity contribution in [2.75, 3.05) is 19.8 Å². The fourth-order valence-electron chi connectivity index (χ4n) is 5.13. The van der Waals surface area contributed by atoms with E-state index >= 15 is 0 Å². The van der Waals surface area contributed by atoms with Crippen molar-refractivity contribution in [2.45, 2.75) is 64.8 Å². The molecule has 1 aromatic heterocycles. The maximum absolute atomic E-state index is 13.5. The van der Waals surface area contributed by atoms with Gasteiger partial charge in [0.25, 0.3) is 0 Å². The highest BCUT2D eigenvalue weighted by Crippen LogP contribution is 2.35. The van der Waals surface area contributed by atoms with E-state index in [9.17, 15) is 24.0 Å². The van der Waals surface area contributed by atoms with Gasteiger partial charge in [0.15, 0.2) is 29.1 Å². The second-order valence-electron chi connectivity index (χ2n) is 10.5. The molecule has 46 heavy (non-hydrogen) atoms. The maximum Gasteiger partial charge on any atom is 0.303 e. The summed E-state index contributed by atoms with van der Waals surface area (Å²) in [6, 6.07) is 9.61. The minimum Gasteiger partial charge on any atom is -0.490 e. The smallest absolute Gasteiger partial charge is 0.303 e. The third-order valence-corrected chi connectivity index (χ3v) is 7.01. The van der Waals surface area contributed by atoms with E-state index in [0.29, 0.717) is 35.8 Å². The molecule has 14 heteroatoms. The van der Waals surface area contributed by atoms with Crippen molar-refractivity contribution in [2.24, 2.45) is 0 Å². The molecule has 3 heterocycles. The highest BCUT2D eigenvalue weighted by molar-refractivity contribution is 5.83. The van der Waals surface area contributed by atoms with Gasteiger partial charge in [0.1, 0.15) is 30.3 Å². The van der Waals surface area contributed by atoms with Gasteiger partial charge in [-0.1, -0.05) is 6.07 Å². The van der Waals surface area contributed by atoms with Crippen LogP contribution in [0.3, 0.4) is 0 Å². The van der Waals surface area contributed by atoms with E-state index in [1.54, 1.807) is 18.2 Å². The molecule has 2 aliphatic rings. The minimum absolute atomic E-state index is 0.125. The summed E-state index contributed by atoms with van der Waals surface area (Å²) in [5, 5.41) is 0.249. The van der Waals surface area contributed by atoms with E-state index in [1.807, 2.05) is 0 Å². The molecular formula is C32H32O14. The van der Waals surface area contributed by atoms with Gasteiger partial charge in [0.05, 0.1) is 24.2 Å². The van der Waals surface area contributed by atoms with Crippen molar-refractivity contribution < 1.29 is 61.5 Å². The van der Waals surface area contributed by atoms with Gasteiger partial charge < -0.3 is 42.3 Å². The highest BCUT2D eigenvalue weighted by Gasteiger charge is 2.53. The number of carbonyl (C=O) groups excluding carboxylic acids is 4. The number of hydrogen-bond acceptors (Lipinski definition) is 14. The standard InChI is InChI=1S/C32H32O14/c1-16(33)40-15-27-29(42-17(2)34)30(43-18(3)35)31(44-19(4)36)32(46-27)45-21-7-8-22-25(13-21)41-14-23(28(22)37)20-6-9-24-26(12-20)39-11-5-10-38-24/h6-9,12-14,27,29-32H,5,10-11,15H2,1-4H3/t27-,29-,30+,31-,32-/m0/s1. The average molecular weight is 641 g/mol. The maximum atomic E-state index is 13.5. The summed E-state index contributed by atoms with van der Waals surface area (Å²) in [7, 11) is 0. The molecule has 0 bridgehead atoms. The molecule has 2 aromatic carbocycles. The van der Waals surface area contributed by atoms with Crippen LogP contribution in [0.1, 0.15) is 34.1 Å². The molecule has 5 rings (SSSR count). The Morgan fingerprint density at radius 2 is 1.46 bits per heavy atom. The lowest BCUT2D eigenvalue weighted by Crippen LogP contribution is -2.63. The number of hydrogen-bond donors (Lipinski definition) is 0. The van der Waals surface area contributed by atoms with Crippen molar-refractivity contribution in [3.63, 3.8) is 0 Å². The fraction of sp³-hybridized carbons (Fsp3) is 0.406. The van der Waals surface area contributed by atoms with Crippen LogP contribution >= 0.6 is 0 Å². The summed E-state index contributed by atoms with van der Waals surface area (Å²) in [6.07, 6.45) is -4.74. The highest BCUT2D eigenvalue weighted by atomic mass is 16.7. The van der Waals surface area contributed by atoms with Crippen molar-refractivity contribution in [3.05, 3.63) is 52.9 Å². The number of carbonyl (C=O) groups is 4. The largest absolute Gasteiger partial charge is 0.490 e. The molecule has 0 N–H and O–H groups in total. The summed E-state index contributed by atoms with van der Waals surface area (Å²) in [6.45, 7) is 5.16. The van der Waals surface area contributed by atoms with E-state index in [-0.39, 0.29) is 22.1 Å². The number of ether oxygens (including phenoxy) is 8. The summed E-state index contributed by atoms with van der Waals surface area (Å²) in [5.74, 6) is -1.70. The monoisotopic (exact) mass is 640 g/mol. The Hall–Kier alpha value is -5.11. The zero-order valence-electron chi connectivity index (χ0n) is 25.5. The molecule has 1 saturated heterocycles. The van der Waals surface area contributed by atoms with Gasteiger partial charge in [-0.3, -0.25) is 24.0 Å². The Kier molecular flexibility index (Phi) is 9.75. The minimum atomic E-state index is -1.45. The van der Waals surface area contributed by atoms with Crippen molar-refractivity contribution in [1.29, 1.82) is 0 Å². The molecule has 0 radical (unpaired) electrons. The zero-order chi connectivity index (χ0) is 33.0. The Labute approximate surface area is 262 Å². The van der Waals surface area contributed by atoms with E-state index in [0.717, 1.165) is 27.2 Å². The van der Waals surface area contributed by atoms with Crippen LogP contribution in [0.2, 0.25) is 0 Å². The predicted molar refractivity (Wildman–Crippen MR) is 156 cm³/mol. The SMILES string of the molecule is CC(=O)OC[C@@H]1O[C@H](Oc2ccc3c(=O)c(-c4ccc5c(c4)OCCCO5)coc3c2)[C@@H](OC(C)=O)[C@H](OC(C)=O)[C@H]1OC(C)=O. The molecule has 0 spiro atoms. The molecule has 244 valence electrons. The molecule has 0 aliphatic carbocycles. The van der Waals surface area contributed by atoms with E-state index in [2.05, 4.69) is 0 Å². The van der Waals surface area contributed by atoms with Gasteiger partial charge in [0, 0.05) is 40.2 Å². The lowest BCUT2D eigenvalue weighted by atomic mass is 9.98. The summed E-state index contributed by atoms with van der Waals surface area (Å²) in [4.78, 5) is 61.2. The molecule has 3 aromatic rings. The number of fused-ring (bicyclic) bond motifs is 2. The molecule has 5 atom stereocenters. The fourth-order valence-corrected chi connectivity index (χ4v) is 5.13. The van der Waals surface area contributed by atoms with E-state index in [4.69, 9.17) is 42.3 Å². The van der Waals surface area contributed by atoms with Gasteiger partial charge in [-0.2, -0.15) is 0 Å². The normalized spacial score (nSPS) is 22.2. The predicted octanol–water partition coefficient (Wildman–Crippen LogP) is 3.08. The number of benzene rings is 2. The molecular weight excluding hydrogens is 608 g/mol. The topological polar surface area (TPSA) is 172 Å². The second-order valence-corrected chi connectivity index (χ2v) is 10.5. The first-order chi connectivity index (χ1) is 22.0. The Balaban J connectivity index is 1.46. The molecule has 0 amide bonds. The van der Waals surface area contributed by atoms with Crippen LogP contribution in [-0.4, -0.2) is 74.4 Å². The third-order valence-electron chi connectivity index (χ3n) is 7.01. The van der Waals surface area contributed by atoms with Crippen LogP contribution < -0.4 is 19.6 Å². The Bertz CT molecular complexity index is 1690. The summed E-state index contributed by atoms with van der Waals surface area (Å²) >= 11 is 0. The van der Waals surface area contributed by atoms with Crippen LogP contribution in [0.4, 0.5) is 0 Å². The molecule has 14 nitrogen and oxygen atoms in total. The van der Waals surface area contributed by atoms with Crippen molar-refractivity contribution in [3.8, 4) is 28.4 Å². The van der Waals surface area contributed by atoms with Gasteiger partial charge in [-0.25, -0.2) is 0 Å². The molecule has 0 saturated carbocycles. The Morgan fingerprint density at radius 3 is 2.15 bits per heavy atom. The quantitative estimate of drug-likeness (QED) is 0.260. The number of esters is 4. The average Bonchev–Trinajstić information content (AvgIpc) is 3.24. The van der Waals surface area contributed by atoms with Gasteiger partial charge in [0.2, 0.25) is 12.4 Å². The Morgan fingerprint density at radius 1 is 0.783 bits per heavy atom. The summed E-state index contributed by atoms with van der Waals surface area (Å²) in [5.41, 5.74) is 0.745. The number of rotatable bonds is 8. The van der Waals surface area contributed by atoms with E-state index in [1.165, 1.54) is 31.4 Å².